The summed E-state index contributed by atoms with van der Waals surface area (Å²) in [6, 6.07) is 10.1. The number of nitrogens with one attached hydrogen (secondary N) is 1. The van der Waals surface area contributed by atoms with E-state index in [2.05, 4.69) is 9.97 Å². The minimum Gasteiger partial charge on any atom is -0.349 e. The van der Waals surface area contributed by atoms with Crippen molar-refractivity contribution >= 4 is 34.0 Å². The predicted molar refractivity (Wildman–Crippen MR) is 75.5 cm³/mol. The Bertz CT molecular complexity index is 728. The second kappa shape index (κ2) is 4.59. The zero-order valence-corrected chi connectivity index (χ0v) is 11.3. The third kappa shape index (κ3) is 2.19. The molecule has 0 radical (unpaired) electrons. The van der Waals surface area contributed by atoms with Gasteiger partial charge >= 0.3 is 0 Å². The Balaban J connectivity index is 2.01. The summed E-state index contributed by atoms with van der Waals surface area (Å²) in [4.78, 5) is 19.3. The number of H-pyrrole nitrogens is 1. The van der Waals surface area contributed by atoms with E-state index in [1.807, 2.05) is 37.3 Å². The Labute approximate surface area is 112 Å². The molecule has 0 bridgehead atoms. The number of nitrogens with zero attached hydrogens (tertiary/aromatic N) is 1. The molecule has 2 aromatic heterocycles. The van der Waals surface area contributed by atoms with Crippen molar-refractivity contribution in [2.24, 2.45) is 0 Å². The molecule has 5 heteroatoms. The Kier molecular flexibility index (Phi) is 2.93. The number of hydrogen-bond acceptors (Lipinski definition) is 4. The van der Waals surface area contributed by atoms with Crippen molar-refractivity contribution < 1.29 is 0 Å². The van der Waals surface area contributed by atoms with E-state index in [0.29, 0.717) is 5.03 Å². The lowest BCUT2D eigenvalue weighted by Gasteiger charge is -1.97. The van der Waals surface area contributed by atoms with Crippen molar-refractivity contribution in [3.8, 4) is 0 Å². The van der Waals surface area contributed by atoms with Gasteiger partial charge in [-0.3, -0.25) is 4.79 Å². The van der Waals surface area contributed by atoms with Crippen molar-refractivity contribution in [1.29, 1.82) is 0 Å². The molecule has 1 N–H and O–H groups in total. The maximum atomic E-state index is 11.7. The van der Waals surface area contributed by atoms with Gasteiger partial charge < -0.3 is 4.98 Å². The van der Waals surface area contributed by atoms with Crippen LogP contribution in [0.15, 0.2) is 50.6 Å². The number of hydrogen-bond donors (Lipinski definition) is 1. The molecule has 0 fully saturated rings. The van der Waals surface area contributed by atoms with Crippen LogP contribution in [0.25, 0.3) is 10.9 Å². The van der Waals surface area contributed by atoms with Crippen LogP contribution in [0.4, 0.5) is 0 Å². The van der Waals surface area contributed by atoms with Gasteiger partial charge in [0, 0.05) is 22.0 Å². The van der Waals surface area contributed by atoms with E-state index in [0.717, 1.165) is 21.6 Å². The maximum absolute atomic E-state index is 11.7. The fraction of sp³-hybridized carbons (Fsp3) is 0.0769. The standard InChI is InChI=1S/C13H10N2OS2/c1-8-7-17-13(16)12(14-8)18-11-6-9-4-2-3-5-10(9)15-11/h2-7,15H,1H3. The molecule has 0 saturated heterocycles. The van der Waals surface area contributed by atoms with Gasteiger partial charge in [0.25, 0.3) is 4.74 Å². The van der Waals surface area contributed by atoms with Crippen molar-refractivity contribution in [2.75, 3.05) is 0 Å². The second-order valence-electron chi connectivity index (χ2n) is 3.90. The molecule has 0 atom stereocenters. The molecule has 0 aliphatic heterocycles. The van der Waals surface area contributed by atoms with Gasteiger partial charge in [-0.15, -0.1) is 0 Å². The summed E-state index contributed by atoms with van der Waals surface area (Å²) in [7, 11) is 0. The number of rotatable bonds is 2. The van der Waals surface area contributed by atoms with Gasteiger partial charge in [0.15, 0.2) is 5.03 Å². The molecule has 0 saturated carbocycles. The van der Waals surface area contributed by atoms with Gasteiger partial charge in [-0.05, 0) is 30.8 Å². The van der Waals surface area contributed by atoms with E-state index in [9.17, 15) is 4.79 Å². The van der Waals surface area contributed by atoms with Crippen LogP contribution in [0.2, 0.25) is 0 Å². The molecule has 90 valence electrons. The Hall–Kier alpha value is -1.59. The minimum atomic E-state index is 0.00394. The number of para-hydroxylation sites is 1. The van der Waals surface area contributed by atoms with Crippen molar-refractivity contribution in [1.82, 2.24) is 9.97 Å². The van der Waals surface area contributed by atoms with Gasteiger partial charge in [-0.25, -0.2) is 4.98 Å². The number of aromatic amines is 1. The first-order valence-corrected chi connectivity index (χ1v) is 7.14. The van der Waals surface area contributed by atoms with Crippen molar-refractivity contribution in [2.45, 2.75) is 17.0 Å². The first-order valence-electron chi connectivity index (χ1n) is 5.44. The molecule has 0 aliphatic rings. The monoisotopic (exact) mass is 274 g/mol. The first kappa shape index (κ1) is 11.5. The number of benzene rings is 1. The summed E-state index contributed by atoms with van der Waals surface area (Å²) in [5, 5.41) is 4.39. The topological polar surface area (TPSA) is 45.8 Å². The minimum absolute atomic E-state index is 0.00394. The second-order valence-corrected chi connectivity index (χ2v) is 5.78. The van der Waals surface area contributed by atoms with Crippen LogP contribution in [0.3, 0.4) is 0 Å². The van der Waals surface area contributed by atoms with E-state index in [1.165, 1.54) is 23.1 Å². The zero-order chi connectivity index (χ0) is 12.5. The molecule has 3 rings (SSSR count). The molecule has 1 aromatic carbocycles. The summed E-state index contributed by atoms with van der Waals surface area (Å²) < 4.78 is 0.00394. The molecule has 0 unspecified atom stereocenters. The molecule has 0 amide bonds. The molecule has 0 aliphatic carbocycles. The summed E-state index contributed by atoms with van der Waals surface area (Å²) in [5.41, 5.74) is 1.95. The third-order valence-electron chi connectivity index (χ3n) is 2.50. The summed E-state index contributed by atoms with van der Waals surface area (Å²) in [6.45, 7) is 1.89. The largest absolute Gasteiger partial charge is 0.349 e. The molecular formula is C13H10N2OS2. The lowest BCUT2D eigenvalue weighted by Crippen LogP contribution is -2.01. The highest BCUT2D eigenvalue weighted by Crippen LogP contribution is 2.27. The number of aromatic nitrogens is 2. The van der Waals surface area contributed by atoms with Crippen LogP contribution in [0.1, 0.15) is 5.69 Å². The first-order chi connectivity index (χ1) is 8.72. The van der Waals surface area contributed by atoms with Gasteiger partial charge in [0.05, 0.1) is 5.03 Å². The lowest BCUT2D eigenvalue weighted by atomic mass is 10.3. The zero-order valence-electron chi connectivity index (χ0n) is 9.64. The third-order valence-corrected chi connectivity index (χ3v) is 4.41. The Morgan fingerprint density at radius 1 is 1.33 bits per heavy atom. The van der Waals surface area contributed by atoms with Crippen LogP contribution >= 0.6 is 23.1 Å². The van der Waals surface area contributed by atoms with Crippen LogP contribution in [-0.4, -0.2) is 9.97 Å². The van der Waals surface area contributed by atoms with Crippen molar-refractivity contribution in [3.05, 3.63) is 50.9 Å². The van der Waals surface area contributed by atoms with E-state index in [4.69, 9.17) is 0 Å². The highest BCUT2D eigenvalue weighted by molar-refractivity contribution is 7.99. The SMILES string of the molecule is Cc1csc(=O)c(Sc2cc3ccccc3[nH]2)n1. The fourth-order valence-electron chi connectivity index (χ4n) is 1.69. The van der Waals surface area contributed by atoms with Crippen LogP contribution in [0.5, 0.6) is 0 Å². The Morgan fingerprint density at radius 2 is 2.17 bits per heavy atom. The van der Waals surface area contributed by atoms with Crippen LogP contribution < -0.4 is 4.74 Å². The molecule has 2 heterocycles. The number of fused-ring (bicyclic) bond motifs is 1. The fourth-order valence-corrected chi connectivity index (χ4v) is 3.27. The molecule has 3 nitrogen and oxygen atoms in total. The average molecular weight is 274 g/mol. The summed E-state index contributed by atoms with van der Waals surface area (Å²) >= 11 is 2.58. The summed E-state index contributed by atoms with van der Waals surface area (Å²) in [5.74, 6) is 0. The molecule has 0 spiro atoms. The predicted octanol–water partition coefficient (Wildman–Crippen LogP) is 3.44. The molecule has 3 aromatic rings. The highest BCUT2D eigenvalue weighted by atomic mass is 32.2. The van der Waals surface area contributed by atoms with Gasteiger partial charge in [-0.1, -0.05) is 29.5 Å². The van der Waals surface area contributed by atoms with Crippen LogP contribution in [-0.2, 0) is 0 Å². The van der Waals surface area contributed by atoms with E-state index >= 15 is 0 Å². The maximum Gasteiger partial charge on any atom is 0.264 e. The van der Waals surface area contributed by atoms with Gasteiger partial charge in [0.2, 0.25) is 0 Å². The number of aryl methyl sites for hydroxylation is 1. The Morgan fingerprint density at radius 3 is 3.00 bits per heavy atom. The van der Waals surface area contributed by atoms with E-state index < -0.39 is 0 Å². The summed E-state index contributed by atoms with van der Waals surface area (Å²) in [6.07, 6.45) is 0. The van der Waals surface area contributed by atoms with Gasteiger partial charge in [0.1, 0.15) is 0 Å². The van der Waals surface area contributed by atoms with Crippen LogP contribution in [0, 0.1) is 6.92 Å². The average Bonchev–Trinajstić information content (AvgIpc) is 2.76. The highest BCUT2D eigenvalue weighted by Gasteiger charge is 2.07. The molecular weight excluding hydrogens is 264 g/mol. The quantitative estimate of drug-likeness (QED) is 0.778. The lowest BCUT2D eigenvalue weighted by molar-refractivity contribution is 1.06. The normalized spacial score (nSPS) is 10.9. The smallest absolute Gasteiger partial charge is 0.264 e. The molecule has 18 heavy (non-hydrogen) atoms. The van der Waals surface area contributed by atoms with E-state index in [-0.39, 0.29) is 4.74 Å². The van der Waals surface area contributed by atoms with Gasteiger partial charge in [-0.2, -0.15) is 0 Å². The van der Waals surface area contributed by atoms with Crippen molar-refractivity contribution in [3.63, 3.8) is 0 Å². The van der Waals surface area contributed by atoms with E-state index in [1.54, 1.807) is 5.38 Å².